The van der Waals surface area contributed by atoms with Crippen molar-refractivity contribution in [2.24, 2.45) is 0 Å². The van der Waals surface area contributed by atoms with Crippen LogP contribution in [0.2, 0.25) is 0 Å². The third-order valence-electron chi connectivity index (χ3n) is 0. The minimum absolute atomic E-state index is 0. The topological polar surface area (TPSA) is 99.7 Å². The standard InChI is InChI=1S/CH2O3.H3N.Pb/c2-1(3)4;;/h(H2,2,3,4);1H3;/p-1. The summed E-state index contributed by atoms with van der Waals surface area (Å²) in [5.74, 6) is 0. The Morgan fingerprint density at radius 1 is 1.33 bits per heavy atom. The van der Waals surface area contributed by atoms with Crippen molar-refractivity contribution in [3.63, 3.8) is 0 Å². The summed E-state index contributed by atoms with van der Waals surface area (Å²) in [5.41, 5.74) is 0. The van der Waals surface area contributed by atoms with Gasteiger partial charge in [0.1, 0.15) is 0 Å². The van der Waals surface area contributed by atoms with Crippen LogP contribution in [-0.2, 0) is 0 Å². The van der Waals surface area contributed by atoms with Gasteiger partial charge in [-0.25, -0.2) is 0 Å². The number of carbonyl (C=O) groups is 1. The first-order valence-electron chi connectivity index (χ1n) is 0.612. The molecular weight excluding hydrogens is 281 g/mol. The van der Waals surface area contributed by atoms with Crippen molar-refractivity contribution in [2.75, 3.05) is 0 Å². The molecule has 0 heterocycles. The Balaban J connectivity index is -0.0000000450. The summed E-state index contributed by atoms with van der Waals surface area (Å²) < 4.78 is 0. The van der Waals surface area contributed by atoms with E-state index in [-0.39, 0.29) is 33.4 Å². The Morgan fingerprint density at radius 3 is 1.33 bits per heavy atom. The molecular formula is CH4NO3Pb-. The van der Waals surface area contributed by atoms with E-state index in [0.29, 0.717) is 0 Å². The number of hydrogen-bond donors (Lipinski definition) is 1. The minimum Gasteiger partial charge on any atom is -0.652 e. The fourth-order valence-electron chi connectivity index (χ4n) is 0. The van der Waals surface area contributed by atoms with Gasteiger partial charge in [0.05, 0.1) is 0 Å². The third-order valence-corrected chi connectivity index (χ3v) is 0. The van der Waals surface area contributed by atoms with Crippen LogP contribution in [0.5, 0.6) is 0 Å². The minimum atomic E-state index is -2.33. The summed E-state index contributed by atoms with van der Waals surface area (Å²) in [6, 6.07) is 0. The van der Waals surface area contributed by atoms with E-state index in [0.717, 1.165) is 0 Å². The molecule has 0 unspecified atom stereocenters. The van der Waals surface area contributed by atoms with E-state index in [1.54, 1.807) is 0 Å². The van der Waals surface area contributed by atoms with Crippen LogP contribution in [0.15, 0.2) is 0 Å². The van der Waals surface area contributed by atoms with Gasteiger partial charge in [-0.1, -0.05) is 0 Å². The van der Waals surface area contributed by atoms with Gasteiger partial charge >= 0.3 is 0 Å². The Morgan fingerprint density at radius 2 is 1.33 bits per heavy atom. The molecule has 0 aromatic heterocycles. The fraction of sp³-hybridized carbons (Fsp3) is 0. The van der Waals surface area contributed by atoms with Crippen LogP contribution in [0.1, 0.15) is 0 Å². The predicted molar refractivity (Wildman–Crippen MR) is 17.1 cm³/mol. The van der Waals surface area contributed by atoms with Gasteiger partial charge in [-0.15, -0.1) is 0 Å². The molecule has 5 heteroatoms. The SMILES string of the molecule is O=C([O-])[O-].[NH4+].[Pb]. The van der Waals surface area contributed by atoms with E-state index in [9.17, 15) is 0 Å². The van der Waals surface area contributed by atoms with Crippen molar-refractivity contribution in [1.82, 2.24) is 6.15 Å². The summed E-state index contributed by atoms with van der Waals surface area (Å²) in [6.45, 7) is 0. The third kappa shape index (κ3) is 1780. The van der Waals surface area contributed by atoms with Gasteiger partial charge in [-0.3, -0.25) is 0 Å². The van der Waals surface area contributed by atoms with Gasteiger partial charge in [0.15, 0.2) is 0 Å². The molecule has 36 valence electrons. The largest absolute Gasteiger partial charge is 0.652 e. The van der Waals surface area contributed by atoms with Crippen LogP contribution in [0, 0.1) is 0 Å². The molecule has 0 aliphatic heterocycles. The molecule has 0 aromatic rings. The average Bonchev–Trinajstić information content (AvgIpc) is 0.811. The van der Waals surface area contributed by atoms with Crippen molar-refractivity contribution in [1.29, 1.82) is 0 Å². The van der Waals surface area contributed by atoms with Crippen molar-refractivity contribution in [2.45, 2.75) is 0 Å². The molecule has 0 fully saturated rings. The van der Waals surface area contributed by atoms with Gasteiger partial charge in [0, 0.05) is 27.3 Å². The van der Waals surface area contributed by atoms with Crippen molar-refractivity contribution < 1.29 is 15.0 Å². The van der Waals surface area contributed by atoms with E-state index in [2.05, 4.69) is 0 Å². The van der Waals surface area contributed by atoms with E-state index in [1.165, 1.54) is 0 Å². The van der Waals surface area contributed by atoms with Crippen LogP contribution < -0.4 is 16.4 Å². The molecule has 0 bridgehead atoms. The maximum absolute atomic E-state index is 8.33. The van der Waals surface area contributed by atoms with Crippen LogP contribution in [-0.4, -0.2) is 33.5 Å². The van der Waals surface area contributed by atoms with E-state index >= 15 is 0 Å². The number of hydrogen-bond acceptors (Lipinski definition) is 3. The number of rotatable bonds is 0. The zero-order chi connectivity index (χ0) is 3.58. The summed E-state index contributed by atoms with van der Waals surface area (Å²) in [7, 11) is 0. The van der Waals surface area contributed by atoms with E-state index < -0.39 is 6.16 Å². The molecule has 0 aliphatic carbocycles. The summed E-state index contributed by atoms with van der Waals surface area (Å²) >= 11 is 0. The van der Waals surface area contributed by atoms with E-state index in [4.69, 9.17) is 15.0 Å². The van der Waals surface area contributed by atoms with Crippen LogP contribution in [0.3, 0.4) is 0 Å². The van der Waals surface area contributed by atoms with Gasteiger partial charge in [0.25, 0.3) is 0 Å². The molecule has 0 aromatic carbocycles. The monoisotopic (exact) mass is 286 g/mol. The number of quaternary nitrogens is 1. The first-order chi connectivity index (χ1) is 1.73. The van der Waals surface area contributed by atoms with Crippen LogP contribution in [0.4, 0.5) is 4.79 Å². The maximum Gasteiger partial charge on any atom is 0 e. The van der Waals surface area contributed by atoms with Gasteiger partial charge in [0.2, 0.25) is 0 Å². The smallest absolute Gasteiger partial charge is 0 e. The van der Waals surface area contributed by atoms with Gasteiger partial charge < -0.3 is 21.2 Å². The summed E-state index contributed by atoms with van der Waals surface area (Å²) in [4.78, 5) is 8.33. The van der Waals surface area contributed by atoms with Crippen molar-refractivity contribution >= 4 is 33.5 Å². The molecule has 0 aliphatic rings. The number of carbonyl (C=O) groups excluding carboxylic acids is 1. The van der Waals surface area contributed by atoms with Crippen molar-refractivity contribution in [3.05, 3.63) is 0 Å². The second-order valence-corrected chi connectivity index (χ2v) is 0.250. The zero-order valence-corrected chi connectivity index (χ0v) is 7.11. The molecule has 4 radical (unpaired) electrons. The first-order valence-corrected chi connectivity index (χ1v) is 0.612. The van der Waals surface area contributed by atoms with Crippen molar-refractivity contribution in [3.8, 4) is 0 Å². The molecule has 4 N–H and O–H groups in total. The first kappa shape index (κ1) is 16.4. The van der Waals surface area contributed by atoms with Crippen LogP contribution in [0.25, 0.3) is 0 Å². The fourth-order valence-corrected chi connectivity index (χ4v) is 0. The molecule has 0 spiro atoms. The second-order valence-electron chi connectivity index (χ2n) is 0.250. The summed E-state index contributed by atoms with van der Waals surface area (Å²) in [6.07, 6.45) is -2.33. The molecule has 0 saturated carbocycles. The second kappa shape index (κ2) is 8.94. The average molecular weight is 285 g/mol. The number of carboxylic acid groups (broad SMARTS) is 2. The molecule has 0 atom stereocenters. The molecule has 0 saturated heterocycles. The zero-order valence-electron chi connectivity index (χ0n) is 3.22. The normalized spacial score (nSPS) is 4.00. The Labute approximate surface area is 54.9 Å². The molecule has 4 nitrogen and oxygen atoms in total. The van der Waals surface area contributed by atoms with Gasteiger partial charge in [-0.05, 0) is 6.16 Å². The molecule has 0 amide bonds. The molecule has 0 rings (SSSR count). The molecule has 6 heavy (non-hydrogen) atoms. The maximum atomic E-state index is 8.33. The van der Waals surface area contributed by atoms with E-state index in [1.807, 2.05) is 0 Å². The van der Waals surface area contributed by atoms with Crippen LogP contribution >= 0.6 is 0 Å². The quantitative estimate of drug-likeness (QED) is 0.500. The summed E-state index contributed by atoms with van der Waals surface area (Å²) in [5, 5.41) is 16.7. The predicted octanol–water partition coefficient (Wildman–Crippen LogP) is -2.45. The Hall–Kier alpha value is 0.152. The Bertz CT molecular complexity index is 33.8. The Kier molecular flexibility index (Phi) is 24.5. The van der Waals surface area contributed by atoms with Gasteiger partial charge in [-0.2, -0.15) is 0 Å².